The van der Waals surface area contributed by atoms with Crippen molar-refractivity contribution in [3.05, 3.63) is 59.8 Å². The zero-order valence-corrected chi connectivity index (χ0v) is 14.4. The molecule has 0 bridgehead atoms. The van der Waals surface area contributed by atoms with Crippen molar-refractivity contribution < 1.29 is 4.79 Å². The molecule has 1 aliphatic heterocycles. The van der Waals surface area contributed by atoms with Crippen LogP contribution >= 0.6 is 0 Å². The Labute approximate surface area is 148 Å². The monoisotopic (exact) mass is 334 g/mol. The Balaban J connectivity index is 1.82. The van der Waals surface area contributed by atoms with Crippen LogP contribution in [0.2, 0.25) is 0 Å². The van der Waals surface area contributed by atoms with Crippen molar-refractivity contribution in [2.45, 2.75) is 32.4 Å². The molecule has 1 fully saturated rings. The second-order valence-electron chi connectivity index (χ2n) is 6.26. The van der Waals surface area contributed by atoms with Gasteiger partial charge in [-0.2, -0.15) is 5.26 Å². The van der Waals surface area contributed by atoms with E-state index < -0.39 is 0 Å². The number of hydrogen-bond acceptors (Lipinski definition) is 4. The summed E-state index contributed by atoms with van der Waals surface area (Å²) in [6.07, 6.45) is 1.34. The summed E-state index contributed by atoms with van der Waals surface area (Å²) in [5.41, 5.74) is 1.55. The Morgan fingerprint density at radius 3 is 2.72 bits per heavy atom. The van der Waals surface area contributed by atoms with E-state index in [9.17, 15) is 4.79 Å². The van der Waals surface area contributed by atoms with E-state index in [4.69, 9.17) is 5.26 Å². The van der Waals surface area contributed by atoms with Crippen molar-refractivity contribution in [2.24, 2.45) is 0 Å². The number of benzene rings is 1. The van der Waals surface area contributed by atoms with Crippen molar-refractivity contribution in [3.63, 3.8) is 0 Å². The van der Waals surface area contributed by atoms with Crippen molar-refractivity contribution in [2.75, 3.05) is 18.0 Å². The van der Waals surface area contributed by atoms with Crippen LogP contribution in [0.15, 0.2) is 48.5 Å². The maximum Gasteiger partial charge on any atom is 0.224 e. The topological polar surface area (TPSA) is 60.2 Å². The van der Waals surface area contributed by atoms with Gasteiger partial charge in [0.1, 0.15) is 17.6 Å². The van der Waals surface area contributed by atoms with Gasteiger partial charge in [-0.3, -0.25) is 4.79 Å². The third-order valence-corrected chi connectivity index (χ3v) is 4.63. The van der Waals surface area contributed by atoms with Gasteiger partial charge in [-0.1, -0.05) is 43.3 Å². The summed E-state index contributed by atoms with van der Waals surface area (Å²) in [7, 11) is 0. The minimum Gasteiger partial charge on any atom is -0.354 e. The first kappa shape index (κ1) is 17.0. The molecule has 3 rings (SSSR count). The average molecular weight is 334 g/mol. The van der Waals surface area contributed by atoms with Gasteiger partial charge in [0, 0.05) is 32.1 Å². The summed E-state index contributed by atoms with van der Waals surface area (Å²) in [4.78, 5) is 21.2. The molecule has 1 aromatic carbocycles. The standard InChI is InChI=1S/C20H22N4O/c1-2-18-15-23(19-10-6-9-17(13-21)22-19)12-11-20(25)24(18)14-16-7-4-3-5-8-16/h3-10,18H,2,11-12,14-15H2,1H3. The second kappa shape index (κ2) is 7.80. The summed E-state index contributed by atoms with van der Waals surface area (Å²) in [5.74, 6) is 0.946. The van der Waals surface area contributed by atoms with Crippen LogP contribution in [0.25, 0.3) is 0 Å². The summed E-state index contributed by atoms with van der Waals surface area (Å²) < 4.78 is 0. The summed E-state index contributed by atoms with van der Waals surface area (Å²) in [6, 6.07) is 17.8. The first-order valence-corrected chi connectivity index (χ1v) is 8.66. The molecule has 128 valence electrons. The minimum absolute atomic E-state index is 0.128. The number of nitriles is 1. The molecule has 0 aliphatic carbocycles. The number of amides is 1. The van der Waals surface area contributed by atoms with E-state index in [-0.39, 0.29) is 11.9 Å². The highest BCUT2D eigenvalue weighted by Crippen LogP contribution is 2.21. The highest BCUT2D eigenvalue weighted by atomic mass is 16.2. The molecule has 1 saturated heterocycles. The van der Waals surface area contributed by atoms with Crippen LogP contribution < -0.4 is 4.90 Å². The SMILES string of the molecule is CCC1CN(c2cccc(C#N)n2)CCC(=O)N1Cc1ccccc1. The normalized spacial score (nSPS) is 17.9. The lowest BCUT2D eigenvalue weighted by molar-refractivity contribution is -0.133. The van der Waals surface area contributed by atoms with Gasteiger partial charge in [0.25, 0.3) is 0 Å². The molecule has 5 nitrogen and oxygen atoms in total. The average Bonchev–Trinajstić information content (AvgIpc) is 2.82. The van der Waals surface area contributed by atoms with E-state index in [1.165, 1.54) is 0 Å². The van der Waals surface area contributed by atoms with Gasteiger partial charge in [-0.15, -0.1) is 0 Å². The lowest BCUT2D eigenvalue weighted by atomic mass is 10.1. The van der Waals surface area contributed by atoms with Crippen LogP contribution in [0.1, 0.15) is 31.0 Å². The number of nitrogens with zero attached hydrogens (tertiary/aromatic N) is 4. The number of anilines is 1. The number of rotatable bonds is 4. The molecule has 1 atom stereocenters. The van der Waals surface area contributed by atoms with Gasteiger partial charge in [0.05, 0.1) is 0 Å². The third kappa shape index (κ3) is 3.97. The molecular formula is C20H22N4O. The lowest BCUT2D eigenvalue weighted by Gasteiger charge is -2.31. The number of aromatic nitrogens is 1. The van der Waals surface area contributed by atoms with Gasteiger partial charge < -0.3 is 9.80 Å². The maximum atomic E-state index is 12.7. The van der Waals surface area contributed by atoms with E-state index in [2.05, 4.69) is 35.0 Å². The third-order valence-electron chi connectivity index (χ3n) is 4.63. The first-order chi connectivity index (χ1) is 12.2. The maximum absolute atomic E-state index is 12.7. The Kier molecular flexibility index (Phi) is 5.30. The molecule has 25 heavy (non-hydrogen) atoms. The molecule has 2 aromatic rings. The number of carbonyl (C=O) groups excluding carboxylic acids is 1. The fourth-order valence-corrected chi connectivity index (χ4v) is 3.24. The van der Waals surface area contributed by atoms with Gasteiger partial charge >= 0.3 is 0 Å². The molecule has 2 heterocycles. The molecule has 1 aliphatic rings. The van der Waals surface area contributed by atoms with Crippen LogP contribution in [0, 0.1) is 11.3 Å². The molecule has 0 N–H and O–H groups in total. The van der Waals surface area contributed by atoms with Gasteiger partial charge in [-0.25, -0.2) is 4.98 Å². The van der Waals surface area contributed by atoms with Crippen molar-refractivity contribution >= 4 is 11.7 Å². The van der Waals surface area contributed by atoms with E-state index >= 15 is 0 Å². The zero-order chi connectivity index (χ0) is 17.6. The van der Waals surface area contributed by atoms with Crippen LogP contribution in [0.4, 0.5) is 5.82 Å². The summed E-state index contributed by atoms with van der Waals surface area (Å²) in [6.45, 7) is 4.11. The summed E-state index contributed by atoms with van der Waals surface area (Å²) in [5, 5.41) is 9.07. The summed E-state index contributed by atoms with van der Waals surface area (Å²) >= 11 is 0. The fourth-order valence-electron chi connectivity index (χ4n) is 3.24. The number of pyridine rings is 1. The molecule has 1 aromatic heterocycles. The van der Waals surface area contributed by atoms with Crippen LogP contribution in [0.3, 0.4) is 0 Å². The van der Waals surface area contributed by atoms with E-state index in [1.807, 2.05) is 35.2 Å². The zero-order valence-electron chi connectivity index (χ0n) is 14.4. The Hall–Kier alpha value is -2.87. The number of carbonyl (C=O) groups is 1. The first-order valence-electron chi connectivity index (χ1n) is 8.66. The van der Waals surface area contributed by atoms with Crippen LogP contribution in [-0.2, 0) is 11.3 Å². The Morgan fingerprint density at radius 2 is 2.00 bits per heavy atom. The van der Waals surface area contributed by atoms with E-state index in [1.54, 1.807) is 6.07 Å². The molecule has 0 saturated carbocycles. The van der Waals surface area contributed by atoms with Gasteiger partial charge in [0.15, 0.2) is 0 Å². The fraction of sp³-hybridized carbons (Fsp3) is 0.350. The predicted octanol–water partition coefficient (Wildman–Crippen LogP) is 2.97. The van der Waals surface area contributed by atoms with E-state index in [0.29, 0.717) is 25.2 Å². The van der Waals surface area contributed by atoms with E-state index in [0.717, 1.165) is 24.3 Å². The molecule has 5 heteroatoms. The Bertz CT molecular complexity index is 769. The quantitative estimate of drug-likeness (QED) is 0.862. The molecule has 0 spiro atoms. The lowest BCUT2D eigenvalue weighted by Crippen LogP contribution is -2.42. The smallest absolute Gasteiger partial charge is 0.224 e. The number of hydrogen-bond donors (Lipinski definition) is 0. The second-order valence-corrected chi connectivity index (χ2v) is 6.26. The molecular weight excluding hydrogens is 312 g/mol. The van der Waals surface area contributed by atoms with Crippen molar-refractivity contribution in [3.8, 4) is 6.07 Å². The predicted molar refractivity (Wildman–Crippen MR) is 96.9 cm³/mol. The largest absolute Gasteiger partial charge is 0.354 e. The highest BCUT2D eigenvalue weighted by molar-refractivity contribution is 5.78. The highest BCUT2D eigenvalue weighted by Gasteiger charge is 2.29. The minimum atomic E-state index is 0.128. The van der Waals surface area contributed by atoms with Crippen LogP contribution in [0.5, 0.6) is 0 Å². The van der Waals surface area contributed by atoms with Gasteiger partial charge in [0.2, 0.25) is 5.91 Å². The molecule has 1 amide bonds. The van der Waals surface area contributed by atoms with Crippen LogP contribution in [-0.4, -0.2) is 34.9 Å². The molecule has 0 radical (unpaired) electrons. The Morgan fingerprint density at radius 1 is 1.20 bits per heavy atom. The molecule has 1 unspecified atom stereocenters. The van der Waals surface area contributed by atoms with Crippen molar-refractivity contribution in [1.29, 1.82) is 5.26 Å². The van der Waals surface area contributed by atoms with Crippen molar-refractivity contribution in [1.82, 2.24) is 9.88 Å². The van der Waals surface area contributed by atoms with Gasteiger partial charge in [-0.05, 0) is 24.1 Å².